The number of benzene rings is 1. The molecule has 2 amide bonds. The summed E-state index contributed by atoms with van der Waals surface area (Å²) in [6, 6.07) is 13.9. The topological polar surface area (TPSA) is 129 Å². The zero-order chi connectivity index (χ0) is 33.9. The molecule has 1 fully saturated rings. The fourth-order valence-electron chi connectivity index (χ4n) is 5.57. The standard InChI is InChI=1S/C36H44N8O2S/c1-23(36(5,6)7)39-20-24-10-11-29-28(17-24)41-34(42-32(45)31-13-12-30(47-31)27-14-15-38-22-40-27)44(29)21-26-9-8-16-43(26)33(46)25(19-37)18-35(2,3)4/h10-15,17-18,22-23,26,39H,8-9,16,20-21H2,1-7H3,(H,41,42,45). The van der Waals surface area contributed by atoms with Gasteiger partial charge in [-0.15, -0.1) is 11.3 Å². The highest BCUT2D eigenvalue weighted by Gasteiger charge is 2.33. The van der Waals surface area contributed by atoms with Gasteiger partial charge in [-0.05, 0) is 66.5 Å². The molecule has 10 nitrogen and oxygen atoms in total. The van der Waals surface area contributed by atoms with E-state index in [-0.39, 0.29) is 34.3 Å². The second-order valence-electron chi connectivity index (χ2n) is 14.4. The zero-order valence-corrected chi connectivity index (χ0v) is 29.1. The fraction of sp³-hybridized carbons (Fsp3) is 0.444. The van der Waals surface area contributed by atoms with Crippen LogP contribution >= 0.6 is 11.3 Å². The van der Waals surface area contributed by atoms with E-state index >= 15 is 0 Å². The lowest BCUT2D eigenvalue weighted by Gasteiger charge is -2.28. The first-order valence-electron chi connectivity index (χ1n) is 16.1. The van der Waals surface area contributed by atoms with Crippen molar-refractivity contribution in [3.8, 4) is 16.6 Å². The number of likely N-dealkylation sites (tertiary alicyclic amines) is 1. The molecular formula is C36H44N8O2S. The Morgan fingerprint density at radius 3 is 2.62 bits per heavy atom. The summed E-state index contributed by atoms with van der Waals surface area (Å²) < 4.78 is 2.00. The number of fused-ring (bicyclic) bond motifs is 1. The first-order valence-corrected chi connectivity index (χ1v) is 16.9. The van der Waals surface area contributed by atoms with Crippen LogP contribution in [0.5, 0.6) is 0 Å². The predicted octanol–water partition coefficient (Wildman–Crippen LogP) is 6.82. The highest BCUT2D eigenvalue weighted by atomic mass is 32.1. The molecule has 246 valence electrons. The van der Waals surface area contributed by atoms with E-state index in [4.69, 9.17) is 4.98 Å². The number of amides is 2. The Balaban J connectivity index is 1.46. The number of allylic oxidation sites excluding steroid dienone is 1. The number of rotatable bonds is 9. The average molecular weight is 653 g/mol. The summed E-state index contributed by atoms with van der Waals surface area (Å²) in [5.74, 6) is -0.107. The van der Waals surface area contributed by atoms with Gasteiger partial charge in [-0.2, -0.15) is 5.26 Å². The molecule has 2 atom stereocenters. The Labute approximate surface area is 280 Å². The number of carbonyl (C=O) groups is 2. The first-order chi connectivity index (χ1) is 22.2. The lowest BCUT2D eigenvalue weighted by atomic mass is 9.88. The number of nitriles is 1. The molecule has 0 radical (unpaired) electrons. The molecule has 0 saturated carbocycles. The molecule has 0 bridgehead atoms. The number of nitrogens with one attached hydrogen (secondary N) is 2. The summed E-state index contributed by atoms with van der Waals surface area (Å²) >= 11 is 1.35. The van der Waals surface area contributed by atoms with E-state index in [1.165, 1.54) is 17.7 Å². The van der Waals surface area contributed by atoms with Crippen LogP contribution < -0.4 is 10.6 Å². The Bertz CT molecular complexity index is 1820. The van der Waals surface area contributed by atoms with E-state index in [2.05, 4.69) is 66.5 Å². The maximum atomic E-state index is 13.6. The van der Waals surface area contributed by atoms with Crippen molar-refractivity contribution in [2.24, 2.45) is 10.8 Å². The van der Waals surface area contributed by atoms with Crippen LogP contribution in [0.4, 0.5) is 5.95 Å². The Kier molecular flexibility index (Phi) is 9.94. The second-order valence-corrected chi connectivity index (χ2v) is 15.5. The minimum absolute atomic E-state index is 0.121. The summed E-state index contributed by atoms with van der Waals surface area (Å²) in [6.45, 7) is 16.4. The Hall–Kier alpha value is -4.40. The monoisotopic (exact) mass is 652 g/mol. The van der Waals surface area contributed by atoms with Crippen LogP contribution in [0.15, 0.2) is 60.6 Å². The fourth-order valence-corrected chi connectivity index (χ4v) is 6.45. The number of thiophene rings is 1. The molecule has 4 aromatic rings. The largest absolute Gasteiger partial charge is 0.333 e. The molecule has 1 aromatic carbocycles. The van der Waals surface area contributed by atoms with Crippen LogP contribution in [0.1, 0.15) is 76.5 Å². The lowest BCUT2D eigenvalue weighted by Crippen LogP contribution is -2.39. The van der Waals surface area contributed by atoms with Gasteiger partial charge in [0.05, 0.1) is 32.5 Å². The first kappa shape index (κ1) is 33.9. The zero-order valence-electron chi connectivity index (χ0n) is 28.3. The number of carbonyl (C=O) groups excluding carboxylic acids is 2. The molecule has 0 aliphatic carbocycles. The maximum absolute atomic E-state index is 13.6. The van der Waals surface area contributed by atoms with Gasteiger partial charge in [0.2, 0.25) is 5.95 Å². The third kappa shape index (κ3) is 8.13. The highest BCUT2D eigenvalue weighted by Crippen LogP contribution is 2.30. The molecule has 0 spiro atoms. The molecular weight excluding hydrogens is 609 g/mol. The van der Waals surface area contributed by atoms with Gasteiger partial charge < -0.3 is 14.8 Å². The van der Waals surface area contributed by atoms with E-state index in [1.54, 1.807) is 23.2 Å². The van der Waals surface area contributed by atoms with Gasteiger partial charge in [-0.3, -0.25) is 14.9 Å². The molecule has 4 heterocycles. The van der Waals surface area contributed by atoms with Gasteiger partial charge in [0.25, 0.3) is 11.8 Å². The van der Waals surface area contributed by atoms with Crippen LogP contribution in [0.2, 0.25) is 0 Å². The molecule has 1 aliphatic heterocycles. The van der Waals surface area contributed by atoms with E-state index in [0.29, 0.717) is 36.5 Å². The molecule has 2 N–H and O–H groups in total. The van der Waals surface area contributed by atoms with Crippen LogP contribution in [0.3, 0.4) is 0 Å². The van der Waals surface area contributed by atoms with Crippen molar-refractivity contribution >= 4 is 40.1 Å². The number of aromatic nitrogens is 4. The second kappa shape index (κ2) is 13.8. The van der Waals surface area contributed by atoms with Gasteiger partial charge in [0, 0.05) is 31.9 Å². The summed E-state index contributed by atoms with van der Waals surface area (Å²) in [5, 5.41) is 16.5. The van der Waals surface area contributed by atoms with Crippen LogP contribution in [-0.2, 0) is 17.9 Å². The number of hydrogen-bond donors (Lipinski definition) is 2. The Morgan fingerprint density at radius 2 is 1.94 bits per heavy atom. The van der Waals surface area contributed by atoms with E-state index in [0.717, 1.165) is 40.0 Å². The molecule has 3 aromatic heterocycles. The molecule has 11 heteroatoms. The van der Waals surface area contributed by atoms with Crippen molar-refractivity contribution in [2.45, 2.75) is 86.5 Å². The molecule has 5 rings (SSSR count). The number of anilines is 1. The maximum Gasteiger partial charge on any atom is 0.268 e. The summed E-state index contributed by atoms with van der Waals surface area (Å²) in [4.78, 5) is 43.6. The van der Waals surface area contributed by atoms with Crippen molar-refractivity contribution in [3.63, 3.8) is 0 Å². The summed E-state index contributed by atoms with van der Waals surface area (Å²) in [5.41, 5.74) is 3.44. The smallest absolute Gasteiger partial charge is 0.268 e. The molecule has 1 aliphatic rings. The predicted molar refractivity (Wildman–Crippen MR) is 187 cm³/mol. The third-order valence-corrected chi connectivity index (χ3v) is 9.68. The van der Waals surface area contributed by atoms with Gasteiger partial charge in [0.15, 0.2) is 0 Å². The molecule has 1 saturated heterocycles. The quantitative estimate of drug-likeness (QED) is 0.150. The minimum Gasteiger partial charge on any atom is -0.333 e. The lowest BCUT2D eigenvalue weighted by molar-refractivity contribution is -0.127. The van der Waals surface area contributed by atoms with E-state index in [1.807, 2.05) is 43.5 Å². The summed E-state index contributed by atoms with van der Waals surface area (Å²) in [7, 11) is 0. The van der Waals surface area contributed by atoms with Crippen LogP contribution in [0.25, 0.3) is 21.6 Å². The van der Waals surface area contributed by atoms with Crippen molar-refractivity contribution in [1.82, 2.24) is 29.7 Å². The molecule has 47 heavy (non-hydrogen) atoms. The number of nitrogens with zero attached hydrogens (tertiary/aromatic N) is 6. The van der Waals surface area contributed by atoms with E-state index < -0.39 is 0 Å². The van der Waals surface area contributed by atoms with Crippen LogP contribution in [-0.4, -0.2) is 54.9 Å². The van der Waals surface area contributed by atoms with E-state index in [9.17, 15) is 14.9 Å². The average Bonchev–Trinajstić information content (AvgIpc) is 3.77. The van der Waals surface area contributed by atoms with Gasteiger partial charge >= 0.3 is 0 Å². The third-order valence-electron chi connectivity index (χ3n) is 8.57. The number of imidazole rings is 1. The van der Waals surface area contributed by atoms with Crippen molar-refractivity contribution in [2.75, 3.05) is 11.9 Å². The van der Waals surface area contributed by atoms with Gasteiger partial charge in [-0.25, -0.2) is 15.0 Å². The SMILES string of the molecule is CC(NCc1ccc2c(c1)nc(NC(=O)c1ccc(-c3ccncn3)s1)n2CC1CCCN1C(=O)C(C#N)=CC(C)(C)C)C(C)(C)C. The van der Waals surface area contributed by atoms with Crippen molar-refractivity contribution in [3.05, 3.63) is 71.0 Å². The summed E-state index contributed by atoms with van der Waals surface area (Å²) in [6.07, 6.45) is 6.53. The Morgan fingerprint density at radius 1 is 1.15 bits per heavy atom. The van der Waals surface area contributed by atoms with Gasteiger partial charge in [-0.1, -0.05) is 53.7 Å². The minimum atomic E-state index is -0.305. The highest BCUT2D eigenvalue weighted by molar-refractivity contribution is 7.17. The van der Waals surface area contributed by atoms with Crippen molar-refractivity contribution in [1.29, 1.82) is 5.26 Å². The van der Waals surface area contributed by atoms with Gasteiger partial charge in [0.1, 0.15) is 18.0 Å². The normalized spacial score (nSPS) is 16.3. The number of hydrogen-bond acceptors (Lipinski definition) is 8. The molecule has 2 unspecified atom stereocenters. The van der Waals surface area contributed by atoms with Crippen molar-refractivity contribution < 1.29 is 9.59 Å². The van der Waals surface area contributed by atoms with Crippen LogP contribution in [0, 0.1) is 22.2 Å².